The lowest BCUT2D eigenvalue weighted by molar-refractivity contribution is -0.217. The summed E-state index contributed by atoms with van der Waals surface area (Å²) in [6, 6.07) is 0. The Morgan fingerprint density at radius 3 is 2.80 bits per heavy atom. The number of nitrogens with one attached hydrogen (secondary N) is 1. The molecule has 0 fully saturated rings. The van der Waals surface area contributed by atoms with Crippen LogP contribution in [0.1, 0.15) is 12.6 Å². The molecule has 0 saturated carbocycles. The highest BCUT2D eigenvalue weighted by Gasteiger charge is 2.37. The van der Waals surface area contributed by atoms with Gasteiger partial charge in [-0.05, 0) is 6.92 Å². The maximum atomic E-state index is 12.1. The maximum Gasteiger partial charge on any atom is 0.414 e. The molecule has 1 aromatic rings. The quantitative estimate of drug-likeness (QED) is 0.614. The number of alkyl halides is 3. The normalized spacial score (nSPS) is 13.9. The molecule has 0 aliphatic heterocycles. The molecule has 0 aliphatic carbocycles. The van der Waals surface area contributed by atoms with Gasteiger partial charge in [0.2, 0.25) is 0 Å². The molecular weight excluding hydrogens is 233 g/mol. The summed E-state index contributed by atoms with van der Waals surface area (Å²) in [7, 11) is 0. The summed E-state index contributed by atoms with van der Waals surface area (Å²) < 4.78 is 44.3. The maximum absolute atomic E-state index is 12.1. The summed E-state index contributed by atoms with van der Waals surface area (Å²) in [5.41, 5.74) is 2.53. The van der Waals surface area contributed by atoms with Crippen LogP contribution in [0.3, 0.4) is 0 Å². The van der Waals surface area contributed by atoms with Crippen LogP contribution in [0, 0.1) is 0 Å². The first-order valence-corrected chi connectivity index (χ1v) is 4.68. The van der Waals surface area contributed by atoms with Crippen LogP contribution in [0.25, 0.3) is 0 Å². The van der Waals surface area contributed by atoms with E-state index in [4.69, 9.17) is 5.84 Å². The Balaban J connectivity index is 2.50. The number of hydrogen-bond donors (Lipinski definition) is 2. The Morgan fingerprint density at radius 2 is 2.27 bits per heavy atom. The number of nitrogen functional groups attached to an aromatic ring is 1. The second-order valence-corrected chi connectivity index (χ2v) is 3.44. The number of nitrogens with zero attached hydrogens (tertiary/aromatic N) is 2. The Labute approximate surface area is 87.6 Å². The molecule has 0 bridgehead atoms. The highest BCUT2D eigenvalue weighted by molar-refractivity contribution is 7.10. The molecule has 0 radical (unpaired) electrons. The van der Waals surface area contributed by atoms with Crippen molar-refractivity contribution in [2.24, 2.45) is 5.84 Å². The van der Waals surface area contributed by atoms with Gasteiger partial charge in [0.25, 0.3) is 0 Å². The molecule has 1 atom stereocenters. The number of ether oxygens (including phenoxy) is 1. The predicted molar refractivity (Wildman–Crippen MR) is 48.0 cm³/mol. The highest BCUT2D eigenvalue weighted by Crippen LogP contribution is 2.24. The van der Waals surface area contributed by atoms with E-state index in [0.717, 1.165) is 18.5 Å². The van der Waals surface area contributed by atoms with E-state index in [1.807, 2.05) is 0 Å². The summed E-state index contributed by atoms with van der Waals surface area (Å²) in [5, 5.41) is 3.97. The van der Waals surface area contributed by atoms with Gasteiger partial charge < -0.3 is 10.2 Å². The first kappa shape index (κ1) is 12.1. The molecule has 5 nitrogen and oxygen atoms in total. The van der Waals surface area contributed by atoms with Gasteiger partial charge in [-0.1, -0.05) is 4.49 Å². The first-order valence-electron chi connectivity index (χ1n) is 3.91. The average molecular weight is 242 g/mol. The smallest absolute Gasteiger partial charge is 0.363 e. The van der Waals surface area contributed by atoms with Crippen molar-refractivity contribution in [2.75, 3.05) is 5.43 Å². The summed E-state index contributed by atoms with van der Waals surface area (Å²) in [4.78, 5) is 0. The zero-order valence-corrected chi connectivity index (χ0v) is 8.52. The Kier molecular flexibility index (Phi) is 3.83. The zero-order chi connectivity index (χ0) is 11.5. The van der Waals surface area contributed by atoms with Crippen LogP contribution in [-0.4, -0.2) is 21.9 Å². The van der Waals surface area contributed by atoms with Crippen LogP contribution in [0.5, 0.6) is 0 Å². The molecule has 0 aliphatic rings. The van der Waals surface area contributed by atoms with E-state index in [0.29, 0.717) is 5.00 Å². The minimum Gasteiger partial charge on any atom is -0.363 e. The summed E-state index contributed by atoms with van der Waals surface area (Å²) >= 11 is 0.950. The molecule has 0 aromatic carbocycles. The SMILES string of the molecule is CC(OCc1nnsc1NN)C(F)(F)F. The summed E-state index contributed by atoms with van der Waals surface area (Å²) in [5.74, 6) is 5.09. The highest BCUT2D eigenvalue weighted by atomic mass is 32.1. The molecule has 1 unspecified atom stereocenters. The molecule has 1 heterocycles. The zero-order valence-electron chi connectivity index (χ0n) is 7.71. The van der Waals surface area contributed by atoms with E-state index < -0.39 is 12.3 Å². The van der Waals surface area contributed by atoms with E-state index in [9.17, 15) is 13.2 Å². The minimum absolute atomic E-state index is 0.263. The van der Waals surface area contributed by atoms with Crippen molar-refractivity contribution in [3.05, 3.63) is 5.69 Å². The second-order valence-electron chi connectivity index (χ2n) is 2.69. The van der Waals surface area contributed by atoms with Crippen molar-refractivity contribution in [3.63, 3.8) is 0 Å². The van der Waals surface area contributed by atoms with Crippen LogP contribution in [0.4, 0.5) is 18.2 Å². The Hall–Kier alpha value is -0.930. The monoisotopic (exact) mass is 242 g/mol. The fourth-order valence-electron chi connectivity index (χ4n) is 0.711. The van der Waals surface area contributed by atoms with Gasteiger partial charge in [0.15, 0.2) is 6.10 Å². The lowest BCUT2D eigenvalue weighted by Crippen LogP contribution is -2.28. The number of halogens is 3. The van der Waals surface area contributed by atoms with Crippen LogP contribution in [0.15, 0.2) is 0 Å². The molecule has 0 spiro atoms. The molecule has 15 heavy (non-hydrogen) atoms. The lowest BCUT2D eigenvalue weighted by atomic mass is 10.4. The van der Waals surface area contributed by atoms with Gasteiger partial charge in [-0.15, -0.1) is 5.10 Å². The third-order valence-corrected chi connectivity index (χ3v) is 2.32. The average Bonchev–Trinajstić information content (AvgIpc) is 2.59. The Bertz CT molecular complexity index is 316. The van der Waals surface area contributed by atoms with Crippen molar-refractivity contribution in [2.45, 2.75) is 25.8 Å². The van der Waals surface area contributed by atoms with Crippen LogP contribution in [-0.2, 0) is 11.3 Å². The summed E-state index contributed by atoms with van der Waals surface area (Å²) in [6.07, 6.45) is -6.22. The molecule has 86 valence electrons. The molecule has 3 N–H and O–H groups in total. The lowest BCUT2D eigenvalue weighted by Gasteiger charge is -2.15. The third-order valence-electron chi connectivity index (χ3n) is 1.62. The third kappa shape index (κ3) is 3.29. The van der Waals surface area contributed by atoms with Gasteiger partial charge in [0.1, 0.15) is 10.7 Å². The van der Waals surface area contributed by atoms with E-state index in [1.165, 1.54) is 0 Å². The topological polar surface area (TPSA) is 73.1 Å². The molecule has 0 amide bonds. The van der Waals surface area contributed by atoms with Crippen molar-refractivity contribution < 1.29 is 17.9 Å². The van der Waals surface area contributed by atoms with Gasteiger partial charge in [-0.25, -0.2) is 5.84 Å². The predicted octanol–water partition coefficient (Wildman–Crippen LogP) is 1.29. The van der Waals surface area contributed by atoms with Crippen LogP contribution in [0.2, 0.25) is 0 Å². The Morgan fingerprint density at radius 1 is 1.60 bits per heavy atom. The minimum atomic E-state index is -4.38. The van der Waals surface area contributed by atoms with Gasteiger partial charge in [0.05, 0.1) is 6.61 Å². The second kappa shape index (κ2) is 4.73. The summed E-state index contributed by atoms with van der Waals surface area (Å²) in [6.45, 7) is 0.645. The largest absolute Gasteiger partial charge is 0.414 e. The number of aromatic nitrogens is 2. The van der Waals surface area contributed by atoms with Gasteiger partial charge in [-0.2, -0.15) is 13.2 Å². The number of hydrazine groups is 1. The van der Waals surface area contributed by atoms with Crippen LogP contribution < -0.4 is 11.3 Å². The number of nitrogens with two attached hydrogens (primary N) is 1. The standard InChI is InChI=1S/C6H9F3N4OS/c1-3(6(7,8)9)14-2-4-5(11-10)15-13-12-4/h3,11H,2,10H2,1H3. The molecule has 1 rings (SSSR count). The van der Waals surface area contributed by atoms with Crippen molar-refractivity contribution in [1.82, 2.24) is 9.59 Å². The fourth-order valence-corrected chi connectivity index (χ4v) is 1.19. The first-order chi connectivity index (χ1) is 6.95. The van der Waals surface area contributed by atoms with Crippen molar-refractivity contribution >= 4 is 16.5 Å². The van der Waals surface area contributed by atoms with Gasteiger partial charge in [0, 0.05) is 11.5 Å². The van der Waals surface area contributed by atoms with Crippen molar-refractivity contribution in [1.29, 1.82) is 0 Å². The number of anilines is 1. The number of hydrogen-bond acceptors (Lipinski definition) is 6. The molecule has 9 heteroatoms. The number of rotatable bonds is 4. The fraction of sp³-hybridized carbons (Fsp3) is 0.667. The molecule has 1 aromatic heterocycles. The van der Waals surface area contributed by atoms with E-state index >= 15 is 0 Å². The van der Waals surface area contributed by atoms with E-state index in [-0.39, 0.29) is 12.3 Å². The van der Waals surface area contributed by atoms with Gasteiger partial charge >= 0.3 is 6.18 Å². The molecular formula is C6H9F3N4OS. The van der Waals surface area contributed by atoms with Gasteiger partial charge in [-0.3, -0.25) is 0 Å². The van der Waals surface area contributed by atoms with Crippen molar-refractivity contribution in [3.8, 4) is 0 Å². The molecule has 0 saturated heterocycles. The van der Waals surface area contributed by atoms with Crippen LogP contribution >= 0.6 is 11.5 Å². The van der Waals surface area contributed by atoms with E-state index in [1.54, 1.807) is 0 Å². The van der Waals surface area contributed by atoms with E-state index in [2.05, 4.69) is 19.7 Å².